The molecule has 4 rings (SSSR count). The first-order valence-corrected chi connectivity index (χ1v) is 9.64. The number of rotatable bonds is 2. The van der Waals surface area contributed by atoms with E-state index in [1.165, 1.54) is 10.7 Å². The fourth-order valence-corrected chi connectivity index (χ4v) is 3.81. The van der Waals surface area contributed by atoms with Gasteiger partial charge in [-0.15, -0.1) is 0 Å². The summed E-state index contributed by atoms with van der Waals surface area (Å²) in [7, 11) is 0. The normalized spacial score (nSPS) is 19.8. The summed E-state index contributed by atoms with van der Waals surface area (Å²) in [4.78, 5) is 28.9. The van der Waals surface area contributed by atoms with Gasteiger partial charge in [0.1, 0.15) is 5.69 Å². The molecule has 8 nitrogen and oxygen atoms in total. The van der Waals surface area contributed by atoms with Gasteiger partial charge in [0.25, 0.3) is 11.8 Å². The van der Waals surface area contributed by atoms with Crippen LogP contribution in [-0.2, 0) is 6.54 Å². The van der Waals surface area contributed by atoms with Crippen LogP contribution in [0.15, 0.2) is 24.3 Å². The van der Waals surface area contributed by atoms with Gasteiger partial charge in [-0.3, -0.25) is 14.3 Å². The molecule has 1 fully saturated rings. The molecular weight excluding hydrogens is 382 g/mol. The number of carbonyl (C=O) groups is 2. The highest BCUT2D eigenvalue weighted by molar-refractivity contribution is 6.30. The van der Waals surface area contributed by atoms with Crippen molar-refractivity contribution in [3.8, 4) is 0 Å². The summed E-state index contributed by atoms with van der Waals surface area (Å²) in [5.74, 6) is -0.533. The molecule has 2 aromatic rings. The van der Waals surface area contributed by atoms with Crippen molar-refractivity contribution >= 4 is 29.1 Å². The van der Waals surface area contributed by atoms with Gasteiger partial charge < -0.3 is 20.2 Å². The standard InChI is InChI=1S/C19H22ClN5O3/c1-12-2-3-13(20)8-16(12)23-4-6-24(7-5-23)19(28)15-9-17-18(27)21-10-14(26)11-25(17)22-15/h2-3,8-9,14,26H,4-7,10-11H2,1H3,(H,21,27)/t14-/m0/s1. The molecule has 9 heteroatoms. The van der Waals surface area contributed by atoms with Gasteiger partial charge in [-0.2, -0.15) is 5.10 Å². The second-order valence-electron chi connectivity index (χ2n) is 7.17. The molecule has 0 spiro atoms. The largest absolute Gasteiger partial charge is 0.389 e. The lowest BCUT2D eigenvalue weighted by Gasteiger charge is -2.36. The number of piperazine rings is 1. The average Bonchev–Trinajstić information content (AvgIpc) is 3.06. The minimum atomic E-state index is -0.725. The lowest BCUT2D eigenvalue weighted by atomic mass is 10.1. The van der Waals surface area contributed by atoms with E-state index in [1.54, 1.807) is 4.90 Å². The van der Waals surface area contributed by atoms with Gasteiger partial charge in [-0.25, -0.2) is 0 Å². The predicted molar refractivity (Wildman–Crippen MR) is 105 cm³/mol. The van der Waals surface area contributed by atoms with Crippen molar-refractivity contribution in [1.29, 1.82) is 0 Å². The highest BCUT2D eigenvalue weighted by atomic mass is 35.5. The van der Waals surface area contributed by atoms with E-state index >= 15 is 0 Å². The van der Waals surface area contributed by atoms with Crippen molar-refractivity contribution < 1.29 is 14.7 Å². The van der Waals surface area contributed by atoms with Crippen LogP contribution in [0.1, 0.15) is 26.5 Å². The van der Waals surface area contributed by atoms with E-state index in [4.69, 9.17) is 11.6 Å². The van der Waals surface area contributed by atoms with Gasteiger partial charge in [-0.1, -0.05) is 17.7 Å². The number of aromatic nitrogens is 2. The number of aliphatic hydroxyl groups excluding tert-OH is 1. The Balaban J connectivity index is 1.46. The van der Waals surface area contributed by atoms with Crippen molar-refractivity contribution in [2.24, 2.45) is 0 Å². The zero-order valence-electron chi connectivity index (χ0n) is 15.6. The first-order valence-electron chi connectivity index (χ1n) is 9.27. The summed E-state index contributed by atoms with van der Waals surface area (Å²) in [6, 6.07) is 7.32. The molecule has 0 unspecified atom stereocenters. The number of aliphatic hydroxyl groups is 1. The van der Waals surface area contributed by atoms with Crippen molar-refractivity contribution in [3.05, 3.63) is 46.2 Å². The van der Waals surface area contributed by atoms with Crippen molar-refractivity contribution in [2.45, 2.75) is 19.6 Å². The molecule has 0 bridgehead atoms. The Morgan fingerprint density at radius 2 is 2.00 bits per heavy atom. The first-order chi connectivity index (χ1) is 13.4. The molecular formula is C19H22ClN5O3. The fraction of sp³-hybridized carbons (Fsp3) is 0.421. The highest BCUT2D eigenvalue weighted by Gasteiger charge is 2.28. The lowest BCUT2D eigenvalue weighted by molar-refractivity contribution is 0.0738. The Hall–Kier alpha value is -2.58. The molecule has 1 saturated heterocycles. The van der Waals surface area contributed by atoms with Crippen LogP contribution < -0.4 is 10.2 Å². The molecule has 148 valence electrons. The van der Waals surface area contributed by atoms with Crippen molar-refractivity contribution in [2.75, 3.05) is 37.6 Å². The smallest absolute Gasteiger partial charge is 0.274 e. The molecule has 3 heterocycles. The Morgan fingerprint density at radius 3 is 2.75 bits per heavy atom. The van der Waals surface area contributed by atoms with E-state index in [0.717, 1.165) is 11.3 Å². The number of β-amino-alcohol motifs (C(OH)–C–C–N with tert-alkyl or cyclic N) is 1. The number of amides is 2. The number of fused-ring (bicyclic) bond motifs is 1. The molecule has 0 radical (unpaired) electrons. The van der Waals surface area contributed by atoms with E-state index in [1.807, 2.05) is 25.1 Å². The summed E-state index contributed by atoms with van der Waals surface area (Å²) in [5.41, 5.74) is 2.75. The van der Waals surface area contributed by atoms with Crippen LogP contribution in [0.4, 0.5) is 5.69 Å². The maximum atomic E-state index is 12.9. The quantitative estimate of drug-likeness (QED) is 0.777. The zero-order valence-corrected chi connectivity index (χ0v) is 16.3. The molecule has 2 amide bonds. The van der Waals surface area contributed by atoms with Gasteiger partial charge in [-0.05, 0) is 24.6 Å². The summed E-state index contributed by atoms with van der Waals surface area (Å²) < 4.78 is 1.41. The second-order valence-corrected chi connectivity index (χ2v) is 7.61. The van der Waals surface area contributed by atoms with Crippen LogP contribution in [0, 0.1) is 6.92 Å². The van der Waals surface area contributed by atoms with E-state index in [9.17, 15) is 14.7 Å². The molecule has 2 N–H and O–H groups in total. The minimum absolute atomic E-state index is 0.177. The second kappa shape index (κ2) is 7.44. The van der Waals surface area contributed by atoms with Crippen molar-refractivity contribution in [1.82, 2.24) is 20.0 Å². The van der Waals surface area contributed by atoms with Gasteiger partial charge in [0.05, 0.1) is 12.6 Å². The maximum Gasteiger partial charge on any atom is 0.274 e. The minimum Gasteiger partial charge on any atom is -0.389 e. The van der Waals surface area contributed by atoms with Crippen molar-refractivity contribution in [3.63, 3.8) is 0 Å². The Kier molecular flexibility index (Phi) is 4.99. The zero-order chi connectivity index (χ0) is 19.8. The van der Waals surface area contributed by atoms with E-state index in [-0.39, 0.29) is 30.6 Å². The molecule has 1 aromatic carbocycles. The topological polar surface area (TPSA) is 90.7 Å². The highest BCUT2D eigenvalue weighted by Crippen LogP contribution is 2.25. The number of hydrogen-bond donors (Lipinski definition) is 2. The molecule has 1 atom stereocenters. The first kappa shape index (κ1) is 18.8. The Labute approximate surface area is 167 Å². The number of carbonyl (C=O) groups excluding carboxylic acids is 2. The Bertz CT molecular complexity index is 920. The van der Waals surface area contributed by atoms with Gasteiger partial charge in [0.15, 0.2) is 5.69 Å². The monoisotopic (exact) mass is 403 g/mol. The summed E-state index contributed by atoms with van der Waals surface area (Å²) in [6.45, 7) is 4.91. The van der Waals surface area contributed by atoms with Gasteiger partial charge in [0, 0.05) is 49.5 Å². The number of anilines is 1. The Morgan fingerprint density at radius 1 is 1.25 bits per heavy atom. The number of nitrogens with one attached hydrogen (secondary N) is 1. The number of aryl methyl sites for hydroxylation is 1. The SMILES string of the molecule is Cc1ccc(Cl)cc1N1CCN(C(=O)c2cc3n(n2)C[C@@H](O)CNC3=O)CC1. The van der Waals surface area contributed by atoms with Gasteiger partial charge >= 0.3 is 0 Å². The predicted octanol–water partition coefficient (Wildman–Crippen LogP) is 0.912. The summed E-state index contributed by atoms with van der Waals surface area (Å²) >= 11 is 6.13. The van der Waals surface area contributed by atoms with E-state index < -0.39 is 6.10 Å². The number of nitrogens with zero attached hydrogens (tertiary/aromatic N) is 4. The van der Waals surface area contributed by atoms with Crippen LogP contribution in [0.3, 0.4) is 0 Å². The number of benzene rings is 1. The van der Waals surface area contributed by atoms with Crippen LogP contribution in [0.2, 0.25) is 5.02 Å². The average molecular weight is 404 g/mol. The van der Waals surface area contributed by atoms with Crippen LogP contribution in [0.5, 0.6) is 0 Å². The molecule has 1 aromatic heterocycles. The summed E-state index contributed by atoms with van der Waals surface area (Å²) in [5, 5.41) is 17.4. The fourth-order valence-electron chi connectivity index (χ4n) is 3.64. The van der Waals surface area contributed by atoms with Crippen LogP contribution >= 0.6 is 11.6 Å². The number of halogens is 1. The molecule has 2 aliphatic rings. The van der Waals surface area contributed by atoms with Crippen LogP contribution in [0.25, 0.3) is 0 Å². The lowest BCUT2D eigenvalue weighted by Crippen LogP contribution is -2.49. The van der Waals surface area contributed by atoms with Crippen LogP contribution in [-0.4, -0.2) is 70.4 Å². The third-order valence-corrected chi connectivity index (χ3v) is 5.43. The van der Waals surface area contributed by atoms with E-state index in [0.29, 0.717) is 36.9 Å². The third-order valence-electron chi connectivity index (χ3n) is 5.19. The molecule has 2 aliphatic heterocycles. The summed E-state index contributed by atoms with van der Waals surface area (Å²) in [6.07, 6.45) is -0.725. The van der Waals surface area contributed by atoms with Gasteiger partial charge in [0.2, 0.25) is 0 Å². The maximum absolute atomic E-state index is 12.9. The van der Waals surface area contributed by atoms with E-state index in [2.05, 4.69) is 15.3 Å². The number of hydrogen-bond acceptors (Lipinski definition) is 5. The molecule has 0 saturated carbocycles. The molecule has 28 heavy (non-hydrogen) atoms. The third kappa shape index (κ3) is 3.57. The molecule has 0 aliphatic carbocycles.